The minimum Gasteiger partial charge on any atom is -0.368 e. The van der Waals surface area contributed by atoms with Gasteiger partial charge in [-0.15, -0.1) is 0 Å². The van der Waals surface area contributed by atoms with Gasteiger partial charge in [-0.1, -0.05) is 43.7 Å². The first-order valence-electron chi connectivity index (χ1n) is 8.05. The number of nitrogens with two attached hydrogens (primary N) is 2. The summed E-state index contributed by atoms with van der Waals surface area (Å²) in [5.74, 6) is -3.00. The number of Topliss-reactive ketones (excluding diaryl/α,β-unsaturated/α-hetero) is 1. The van der Waals surface area contributed by atoms with E-state index in [-0.39, 0.29) is 6.42 Å². The van der Waals surface area contributed by atoms with Gasteiger partial charge in [-0.25, -0.2) is 0 Å². The van der Waals surface area contributed by atoms with Crippen LogP contribution in [-0.4, -0.2) is 42.1 Å². The molecule has 0 saturated heterocycles. The second-order valence-electron chi connectivity index (χ2n) is 5.65. The van der Waals surface area contributed by atoms with Crippen LogP contribution in [0.2, 0.25) is 0 Å². The number of primary amides is 1. The number of hydrogen-bond acceptors (Lipinski definition) is 5. The van der Waals surface area contributed by atoms with E-state index in [0.29, 0.717) is 12.8 Å². The highest BCUT2D eigenvalue weighted by Crippen LogP contribution is 2.03. The Labute approximate surface area is 146 Å². The fourth-order valence-corrected chi connectivity index (χ4v) is 2.18. The molecule has 0 aliphatic heterocycles. The first-order chi connectivity index (χ1) is 11.8. The van der Waals surface area contributed by atoms with Crippen molar-refractivity contribution in [1.82, 2.24) is 10.6 Å². The van der Waals surface area contributed by atoms with Gasteiger partial charge in [0, 0.05) is 6.42 Å². The van der Waals surface area contributed by atoms with Crippen LogP contribution in [0.4, 0.5) is 0 Å². The molecule has 0 aromatic heterocycles. The van der Waals surface area contributed by atoms with E-state index in [1.54, 1.807) is 24.3 Å². The van der Waals surface area contributed by atoms with Gasteiger partial charge in [-0.05, 0) is 12.0 Å². The summed E-state index contributed by atoms with van der Waals surface area (Å²) in [6.45, 7) is 1.40. The smallest absolute Gasteiger partial charge is 0.289 e. The van der Waals surface area contributed by atoms with Gasteiger partial charge in [-0.2, -0.15) is 0 Å². The molecular formula is C17H24N4O4. The summed E-state index contributed by atoms with van der Waals surface area (Å²) in [5, 5.41) is 4.64. The second-order valence-corrected chi connectivity index (χ2v) is 5.65. The van der Waals surface area contributed by atoms with Crippen molar-refractivity contribution >= 4 is 23.5 Å². The summed E-state index contributed by atoms with van der Waals surface area (Å²) >= 11 is 0. The Morgan fingerprint density at radius 1 is 1.12 bits per heavy atom. The van der Waals surface area contributed by atoms with Crippen LogP contribution in [0.25, 0.3) is 0 Å². The van der Waals surface area contributed by atoms with E-state index >= 15 is 0 Å². The third-order valence-electron chi connectivity index (χ3n) is 3.53. The molecule has 3 amide bonds. The fourth-order valence-electron chi connectivity index (χ4n) is 2.18. The average Bonchev–Trinajstić information content (AvgIpc) is 2.59. The molecule has 0 heterocycles. The molecule has 0 radical (unpaired) electrons. The lowest BCUT2D eigenvalue weighted by atomic mass is 10.1. The zero-order valence-electron chi connectivity index (χ0n) is 14.2. The lowest BCUT2D eigenvalue weighted by Gasteiger charge is -2.16. The van der Waals surface area contributed by atoms with Crippen LogP contribution < -0.4 is 22.1 Å². The highest BCUT2D eigenvalue weighted by Gasteiger charge is 2.23. The number of benzene rings is 1. The maximum absolute atomic E-state index is 11.9. The molecule has 6 N–H and O–H groups in total. The van der Waals surface area contributed by atoms with Crippen LogP contribution in [0.5, 0.6) is 0 Å². The molecule has 0 fully saturated rings. The van der Waals surface area contributed by atoms with E-state index in [4.69, 9.17) is 11.5 Å². The van der Waals surface area contributed by atoms with E-state index in [1.165, 1.54) is 0 Å². The van der Waals surface area contributed by atoms with Crippen molar-refractivity contribution in [2.24, 2.45) is 11.5 Å². The highest BCUT2D eigenvalue weighted by atomic mass is 16.2. The Morgan fingerprint density at radius 2 is 1.76 bits per heavy atom. The Balaban J connectivity index is 2.51. The standard InChI is InChI=1S/C17H24N4O4/c1-2-6-12(18)15(23)17(25)20-10-14(22)21-13(16(19)24)9-11-7-4-3-5-8-11/h3-5,7-8,12-13H,2,6,9-10,18H2,1H3,(H2,19,24)(H,20,25)(H,21,22). The van der Waals surface area contributed by atoms with Crippen molar-refractivity contribution in [3.05, 3.63) is 35.9 Å². The van der Waals surface area contributed by atoms with Crippen LogP contribution in [0.15, 0.2) is 30.3 Å². The van der Waals surface area contributed by atoms with Gasteiger partial charge in [0.05, 0.1) is 12.6 Å². The third kappa shape index (κ3) is 7.13. The Bertz CT molecular complexity index is 618. The van der Waals surface area contributed by atoms with E-state index in [9.17, 15) is 19.2 Å². The number of amides is 3. The summed E-state index contributed by atoms with van der Waals surface area (Å²) < 4.78 is 0. The van der Waals surface area contributed by atoms with Crippen molar-refractivity contribution < 1.29 is 19.2 Å². The number of rotatable bonds is 10. The zero-order valence-corrected chi connectivity index (χ0v) is 14.2. The monoisotopic (exact) mass is 348 g/mol. The summed E-state index contributed by atoms with van der Waals surface area (Å²) in [4.78, 5) is 46.7. The van der Waals surface area contributed by atoms with E-state index in [2.05, 4.69) is 10.6 Å². The minimum atomic E-state index is -0.921. The minimum absolute atomic E-state index is 0.232. The highest BCUT2D eigenvalue weighted by molar-refractivity contribution is 6.38. The third-order valence-corrected chi connectivity index (χ3v) is 3.53. The topological polar surface area (TPSA) is 144 Å². The Morgan fingerprint density at radius 3 is 2.32 bits per heavy atom. The van der Waals surface area contributed by atoms with Gasteiger partial charge in [0.15, 0.2) is 0 Å². The van der Waals surface area contributed by atoms with Gasteiger partial charge >= 0.3 is 0 Å². The molecule has 0 saturated carbocycles. The first kappa shape index (κ1) is 20.3. The van der Waals surface area contributed by atoms with Gasteiger partial charge in [0.25, 0.3) is 5.91 Å². The van der Waals surface area contributed by atoms with Gasteiger partial charge in [0.1, 0.15) is 6.04 Å². The average molecular weight is 348 g/mol. The van der Waals surface area contributed by atoms with E-state index in [0.717, 1.165) is 5.56 Å². The maximum Gasteiger partial charge on any atom is 0.289 e. The van der Waals surface area contributed by atoms with Crippen LogP contribution in [0.3, 0.4) is 0 Å². The van der Waals surface area contributed by atoms with Crippen molar-refractivity contribution in [2.75, 3.05) is 6.54 Å². The molecule has 0 spiro atoms. The Hall–Kier alpha value is -2.74. The van der Waals surface area contributed by atoms with E-state index in [1.807, 2.05) is 13.0 Å². The quantitative estimate of drug-likeness (QED) is 0.401. The molecule has 1 aromatic carbocycles. The van der Waals surface area contributed by atoms with Crippen LogP contribution in [0, 0.1) is 0 Å². The number of carbonyl (C=O) groups excluding carboxylic acids is 4. The largest absolute Gasteiger partial charge is 0.368 e. The second kappa shape index (κ2) is 10.2. The molecule has 25 heavy (non-hydrogen) atoms. The normalized spacial score (nSPS) is 12.7. The van der Waals surface area contributed by atoms with Crippen molar-refractivity contribution in [3.8, 4) is 0 Å². The van der Waals surface area contributed by atoms with Gasteiger partial charge < -0.3 is 22.1 Å². The maximum atomic E-state index is 11.9. The zero-order chi connectivity index (χ0) is 18.8. The molecular weight excluding hydrogens is 324 g/mol. The summed E-state index contributed by atoms with van der Waals surface area (Å²) in [7, 11) is 0. The molecule has 1 rings (SSSR count). The molecule has 2 unspecified atom stereocenters. The predicted molar refractivity (Wildman–Crippen MR) is 92.2 cm³/mol. The number of ketones is 1. The fraction of sp³-hybridized carbons (Fsp3) is 0.412. The molecule has 1 aromatic rings. The van der Waals surface area contributed by atoms with Crippen molar-refractivity contribution in [3.63, 3.8) is 0 Å². The molecule has 0 aliphatic rings. The van der Waals surface area contributed by atoms with Crippen LogP contribution >= 0.6 is 0 Å². The molecule has 136 valence electrons. The molecule has 8 nitrogen and oxygen atoms in total. The summed E-state index contributed by atoms with van der Waals surface area (Å²) in [6, 6.07) is 7.25. The van der Waals surface area contributed by atoms with Crippen molar-refractivity contribution in [1.29, 1.82) is 0 Å². The van der Waals surface area contributed by atoms with Crippen molar-refractivity contribution in [2.45, 2.75) is 38.3 Å². The molecule has 8 heteroatoms. The lowest BCUT2D eigenvalue weighted by Crippen LogP contribution is -2.50. The van der Waals surface area contributed by atoms with E-state index < -0.39 is 42.1 Å². The van der Waals surface area contributed by atoms with Gasteiger partial charge in [0.2, 0.25) is 17.6 Å². The number of hydrogen-bond donors (Lipinski definition) is 4. The SMILES string of the molecule is CCCC(N)C(=O)C(=O)NCC(=O)NC(Cc1ccccc1)C(N)=O. The van der Waals surface area contributed by atoms with Crippen LogP contribution in [0.1, 0.15) is 25.3 Å². The molecule has 2 atom stereocenters. The number of carbonyl (C=O) groups is 4. The summed E-state index contributed by atoms with van der Waals surface area (Å²) in [5.41, 5.74) is 11.7. The molecule has 0 aliphatic carbocycles. The Kier molecular flexibility index (Phi) is 8.28. The van der Waals surface area contributed by atoms with Gasteiger partial charge in [-0.3, -0.25) is 19.2 Å². The first-order valence-corrected chi connectivity index (χ1v) is 8.05. The summed E-state index contributed by atoms with van der Waals surface area (Å²) in [6.07, 6.45) is 1.29. The number of nitrogens with one attached hydrogen (secondary N) is 2. The van der Waals surface area contributed by atoms with Crippen LogP contribution in [-0.2, 0) is 25.6 Å². The predicted octanol–water partition coefficient (Wildman–Crippen LogP) is -0.988. The lowest BCUT2D eigenvalue weighted by molar-refractivity contribution is -0.139. The molecule has 0 bridgehead atoms.